The Kier molecular flexibility index (Phi) is 4.36. The van der Waals surface area contributed by atoms with Crippen molar-refractivity contribution in [1.82, 2.24) is 19.9 Å². The second kappa shape index (κ2) is 7.07. The molecule has 0 bridgehead atoms. The fourth-order valence-corrected chi connectivity index (χ4v) is 4.04. The molecule has 1 saturated heterocycles. The summed E-state index contributed by atoms with van der Waals surface area (Å²) in [5.74, 6) is 1.14. The number of fused-ring (bicyclic) bond motifs is 2. The second-order valence-electron chi connectivity index (χ2n) is 7.73. The average molecular weight is 404 g/mol. The Balaban J connectivity index is 1.59. The van der Waals surface area contributed by atoms with E-state index in [-0.39, 0.29) is 5.56 Å². The first kappa shape index (κ1) is 18.5. The predicted octanol–water partition coefficient (Wildman–Crippen LogP) is 2.41. The number of methoxy groups -OCH3 is 1. The van der Waals surface area contributed by atoms with E-state index in [0.717, 1.165) is 48.3 Å². The van der Waals surface area contributed by atoms with Gasteiger partial charge in [-0.25, -0.2) is 4.98 Å². The highest BCUT2D eigenvalue weighted by Gasteiger charge is 2.18. The third-order valence-corrected chi connectivity index (χ3v) is 5.83. The lowest BCUT2D eigenvalue weighted by molar-refractivity contribution is 0.313. The molecular weight excluding hydrogens is 380 g/mol. The van der Waals surface area contributed by atoms with Crippen LogP contribution in [-0.4, -0.2) is 60.2 Å². The summed E-state index contributed by atoms with van der Waals surface area (Å²) in [6.45, 7) is 4.06. The van der Waals surface area contributed by atoms with Crippen LogP contribution in [0.25, 0.3) is 33.3 Å². The normalized spacial score (nSPS) is 15.2. The monoisotopic (exact) mass is 404 g/mol. The van der Waals surface area contributed by atoms with Gasteiger partial charge in [0.05, 0.1) is 29.3 Å². The molecule has 0 spiro atoms. The lowest BCUT2D eigenvalue weighted by atomic mass is 10.1. The van der Waals surface area contributed by atoms with E-state index in [1.807, 2.05) is 12.1 Å². The van der Waals surface area contributed by atoms with Gasteiger partial charge in [0.2, 0.25) is 0 Å². The third kappa shape index (κ3) is 3.05. The molecule has 0 amide bonds. The fourth-order valence-electron chi connectivity index (χ4n) is 4.04. The molecule has 1 aliphatic heterocycles. The summed E-state index contributed by atoms with van der Waals surface area (Å²) < 4.78 is 5.30. The molecule has 0 unspecified atom stereocenters. The number of hydrogen-bond donors (Lipinski definition) is 3. The standard InChI is InChI=1S/C22H24N6O2/c1-27-7-9-28(10-8-27)13-3-5-17-18(11-13)25-21(24-17)19-20(23)15-12-14(30-2)4-6-16(15)26-22(19)29/h3-6,11-12H,7-10H2,1-2H3,(H,24,25)(H3,23,26,29). The number of piperazine rings is 1. The molecule has 0 radical (unpaired) electrons. The highest BCUT2D eigenvalue weighted by molar-refractivity contribution is 5.98. The van der Waals surface area contributed by atoms with Crippen LogP contribution >= 0.6 is 0 Å². The number of nitrogens with one attached hydrogen (secondary N) is 2. The van der Waals surface area contributed by atoms with Gasteiger partial charge in [0.1, 0.15) is 17.1 Å². The number of aromatic amines is 2. The maximum atomic E-state index is 12.8. The van der Waals surface area contributed by atoms with Crippen LogP contribution in [0.15, 0.2) is 41.2 Å². The van der Waals surface area contributed by atoms with Gasteiger partial charge in [0.15, 0.2) is 0 Å². The van der Waals surface area contributed by atoms with Crippen LogP contribution in [0.2, 0.25) is 0 Å². The fraction of sp³-hybridized carbons (Fsp3) is 0.273. The molecule has 5 rings (SSSR count). The number of nitrogens with two attached hydrogens (primary N) is 1. The number of H-pyrrole nitrogens is 2. The molecule has 1 fully saturated rings. The Morgan fingerprint density at radius 1 is 1.03 bits per heavy atom. The quantitative estimate of drug-likeness (QED) is 0.485. The summed E-state index contributed by atoms with van der Waals surface area (Å²) >= 11 is 0. The smallest absolute Gasteiger partial charge is 0.261 e. The number of likely N-dealkylation sites (N-methyl/N-ethyl adjacent to an activating group) is 1. The van der Waals surface area contributed by atoms with Gasteiger partial charge in [0.25, 0.3) is 5.56 Å². The first-order chi connectivity index (χ1) is 14.5. The molecule has 8 nitrogen and oxygen atoms in total. The van der Waals surface area contributed by atoms with Crippen molar-refractivity contribution < 1.29 is 4.74 Å². The van der Waals surface area contributed by atoms with Crippen molar-refractivity contribution in [2.45, 2.75) is 0 Å². The predicted molar refractivity (Wildman–Crippen MR) is 120 cm³/mol. The van der Waals surface area contributed by atoms with Gasteiger partial charge in [-0.2, -0.15) is 0 Å². The molecule has 0 aliphatic carbocycles. The number of pyridine rings is 1. The second-order valence-corrected chi connectivity index (χ2v) is 7.73. The van der Waals surface area contributed by atoms with E-state index in [9.17, 15) is 4.79 Å². The van der Waals surface area contributed by atoms with Crippen LogP contribution in [0.4, 0.5) is 11.4 Å². The SMILES string of the molecule is COc1ccc2[nH]c(=O)c(-c3nc4ccc(N5CCN(C)CC5)cc4[nH]3)c(N)c2c1. The van der Waals surface area contributed by atoms with E-state index < -0.39 is 0 Å². The van der Waals surface area contributed by atoms with Gasteiger partial charge < -0.3 is 30.2 Å². The summed E-state index contributed by atoms with van der Waals surface area (Å²) in [5, 5.41) is 0.725. The van der Waals surface area contributed by atoms with Crippen molar-refractivity contribution in [2.24, 2.45) is 0 Å². The zero-order chi connectivity index (χ0) is 20.8. The Hall–Kier alpha value is -3.52. The highest BCUT2D eigenvalue weighted by Crippen LogP contribution is 2.31. The van der Waals surface area contributed by atoms with Crippen LogP contribution in [-0.2, 0) is 0 Å². The molecule has 8 heteroatoms. The highest BCUT2D eigenvalue weighted by atomic mass is 16.5. The molecular formula is C22H24N6O2. The molecule has 1 aliphatic rings. The minimum atomic E-state index is -0.275. The molecule has 30 heavy (non-hydrogen) atoms. The Morgan fingerprint density at radius 2 is 1.83 bits per heavy atom. The molecule has 2 aromatic heterocycles. The minimum Gasteiger partial charge on any atom is -0.497 e. The molecule has 2 aromatic carbocycles. The van der Waals surface area contributed by atoms with E-state index in [2.05, 4.69) is 43.9 Å². The van der Waals surface area contributed by atoms with Gasteiger partial charge in [-0.05, 0) is 43.4 Å². The largest absolute Gasteiger partial charge is 0.497 e. The van der Waals surface area contributed by atoms with Crippen LogP contribution in [0.3, 0.4) is 0 Å². The maximum absolute atomic E-state index is 12.8. The van der Waals surface area contributed by atoms with Crippen molar-refractivity contribution in [2.75, 3.05) is 51.0 Å². The van der Waals surface area contributed by atoms with Crippen molar-refractivity contribution in [1.29, 1.82) is 0 Å². The minimum absolute atomic E-state index is 0.275. The lowest BCUT2D eigenvalue weighted by Gasteiger charge is -2.34. The maximum Gasteiger partial charge on any atom is 0.261 e. The zero-order valence-electron chi connectivity index (χ0n) is 17.0. The molecule has 0 saturated carbocycles. The zero-order valence-corrected chi connectivity index (χ0v) is 17.0. The summed E-state index contributed by atoms with van der Waals surface area (Å²) in [4.78, 5) is 28.3. The van der Waals surface area contributed by atoms with Crippen molar-refractivity contribution in [3.05, 3.63) is 46.8 Å². The van der Waals surface area contributed by atoms with E-state index in [1.54, 1.807) is 19.2 Å². The van der Waals surface area contributed by atoms with E-state index in [0.29, 0.717) is 28.3 Å². The lowest BCUT2D eigenvalue weighted by Crippen LogP contribution is -2.44. The third-order valence-electron chi connectivity index (χ3n) is 5.83. The average Bonchev–Trinajstić information content (AvgIpc) is 3.16. The van der Waals surface area contributed by atoms with Crippen LogP contribution in [0.5, 0.6) is 5.75 Å². The number of benzene rings is 2. The number of aromatic nitrogens is 3. The van der Waals surface area contributed by atoms with Gasteiger partial charge in [-0.1, -0.05) is 0 Å². The summed E-state index contributed by atoms with van der Waals surface area (Å²) in [6, 6.07) is 11.5. The summed E-state index contributed by atoms with van der Waals surface area (Å²) in [5.41, 5.74) is 10.3. The molecule has 154 valence electrons. The number of ether oxygens (including phenoxy) is 1. The Labute approximate surface area is 173 Å². The molecule has 4 aromatic rings. The Bertz CT molecular complexity index is 1300. The van der Waals surface area contributed by atoms with E-state index in [4.69, 9.17) is 10.5 Å². The Morgan fingerprint density at radius 3 is 2.60 bits per heavy atom. The van der Waals surface area contributed by atoms with Crippen LogP contribution < -0.4 is 20.9 Å². The van der Waals surface area contributed by atoms with Crippen molar-refractivity contribution >= 4 is 33.3 Å². The summed E-state index contributed by atoms with van der Waals surface area (Å²) in [7, 11) is 3.74. The first-order valence-electron chi connectivity index (χ1n) is 9.96. The van der Waals surface area contributed by atoms with Crippen molar-refractivity contribution in [3.8, 4) is 17.1 Å². The number of hydrogen-bond acceptors (Lipinski definition) is 6. The topological polar surface area (TPSA) is 103 Å². The van der Waals surface area contributed by atoms with E-state index >= 15 is 0 Å². The van der Waals surface area contributed by atoms with E-state index in [1.165, 1.54) is 0 Å². The number of rotatable bonds is 3. The van der Waals surface area contributed by atoms with Crippen molar-refractivity contribution in [3.63, 3.8) is 0 Å². The van der Waals surface area contributed by atoms with Crippen LogP contribution in [0, 0.1) is 0 Å². The number of nitrogens with zero attached hydrogens (tertiary/aromatic N) is 3. The van der Waals surface area contributed by atoms with Gasteiger partial charge >= 0.3 is 0 Å². The number of nitrogen functional groups attached to an aromatic ring is 1. The van der Waals surface area contributed by atoms with Gasteiger partial charge in [-0.3, -0.25) is 4.79 Å². The molecule has 0 atom stereocenters. The number of imidazole rings is 1. The van der Waals surface area contributed by atoms with Crippen LogP contribution in [0.1, 0.15) is 0 Å². The van der Waals surface area contributed by atoms with Gasteiger partial charge in [0, 0.05) is 37.3 Å². The summed E-state index contributed by atoms with van der Waals surface area (Å²) in [6.07, 6.45) is 0. The first-order valence-corrected chi connectivity index (χ1v) is 9.96. The number of anilines is 2. The molecule has 3 heterocycles. The van der Waals surface area contributed by atoms with Gasteiger partial charge in [-0.15, -0.1) is 0 Å². The molecule has 4 N–H and O–H groups in total.